The minimum Gasteiger partial charge on any atom is -0.268 e. The van der Waals surface area contributed by atoms with Crippen LogP contribution in [-0.2, 0) is 5.41 Å². The molecule has 13 heavy (non-hydrogen) atoms. The van der Waals surface area contributed by atoms with Crippen LogP contribution in [0.25, 0.3) is 0 Å². The number of aromatic nitrogens is 2. The summed E-state index contributed by atoms with van der Waals surface area (Å²) in [6.07, 6.45) is 4.71. The molecule has 0 saturated heterocycles. The second-order valence-corrected chi connectivity index (χ2v) is 5.25. The van der Waals surface area contributed by atoms with Crippen molar-refractivity contribution in [3.05, 3.63) is 11.8 Å². The maximum atomic E-state index is 4.42. The van der Waals surface area contributed by atoms with Crippen molar-refractivity contribution in [1.29, 1.82) is 0 Å². The lowest BCUT2D eigenvalue weighted by Crippen LogP contribution is -2.10. The van der Waals surface area contributed by atoms with Gasteiger partial charge in [0.25, 0.3) is 0 Å². The number of thiol groups is 1. The first-order chi connectivity index (χ1) is 5.98. The summed E-state index contributed by atoms with van der Waals surface area (Å²) in [5, 5.41) is 5.31. The highest BCUT2D eigenvalue weighted by molar-refractivity contribution is 7.80. The standard InChI is InChI=1S/C10H16N2S/c1-10(2,3)8-6-12(7-4-5-7)11-9(8)13/h6-7H,4-5H2,1-3H3,(H,11,13). The molecule has 2 rings (SSSR count). The molecule has 0 amide bonds. The third-order valence-electron chi connectivity index (χ3n) is 2.44. The summed E-state index contributed by atoms with van der Waals surface area (Å²) in [6.45, 7) is 6.59. The first kappa shape index (κ1) is 9.13. The Bertz CT molecular complexity index is 318. The van der Waals surface area contributed by atoms with Crippen LogP contribution in [0.5, 0.6) is 0 Å². The van der Waals surface area contributed by atoms with E-state index in [1.165, 1.54) is 18.4 Å². The monoisotopic (exact) mass is 196 g/mol. The molecule has 1 aromatic heterocycles. The Morgan fingerprint density at radius 1 is 1.46 bits per heavy atom. The molecular formula is C10H16N2S. The fourth-order valence-electron chi connectivity index (χ4n) is 1.44. The highest BCUT2D eigenvalue weighted by Gasteiger charge is 2.27. The zero-order valence-corrected chi connectivity index (χ0v) is 9.30. The largest absolute Gasteiger partial charge is 0.268 e. The Hall–Kier alpha value is -0.440. The normalized spacial score (nSPS) is 17.8. The summed E-state index contributed by atoms with van der Waals surface area (Å²) < 4.78 is 2.07. The lowest BCUT2D eigenvalue weighted by atomic mass is 9.90. The van der Waals surface area contributed by atoms with E-state index in [-0.39, 0.29) is 5.41 Å². The molecule has 1 heterocycles. The van der Waals surface area contributed by atoms with E-state index >= 15 is 0 Å². The van der Waals surface area contributed by atoms with Gasteiger partial charge in [-0.3, -0.25) is 4.68 Å². The van der Waals surface area contributed by atoms with Crippen LogP contribution in [0.15, 0.2) is 11.2 Å². The van der Waals surface area contributed by atoms with Crippen molar-refractivity contribution in [3.63, 3.8) is 0 Å². The van der Waals surface area contributed by atoms with Crippen LogP contribution in [0.1, 0.15) is 45.2 Å². The van der Waals surface area contributed by atoms with E-state index in [4.69, 9.17) is 0 Å². The van der Waals surface area contributed by atoms with Gasteiger partial charge < -0.3 is 0 Å². The summed E-state index contributed by atoms with van der Waals surface area (Å²) in [6, 6.07) is 0.655. The van der Waals surface area contributed by atoms with Gasteiger partial charge in [-0.2, -0.15) is 5.10 Å². The predicted molar refractivity (Wildman–Crippen MR) is 56.5 cm³/mol. The molecular weight excluding hydrogens is 180 g/mol. The number of hydrogen-bond acceptors (Lipinski definition) is 2. The highest BCUT2D eigenvalue weighted by Crippen LogP contribution is 2.37. The SMILES string of the molecule is CC(C)(C)c1cn(C2CC2)nc1S. The molecule has 0 radical (unpaired) electrons. The van der Waals surface area contributed by atoms with E-state index in [2.05, 4.69) is 49.4 Å². The van der Waals surface area contributed by atoms with Crippen molar-refractivity contribution in [2.75, 3.05) is 0 Å². The van der Waals surface area contributed by atoms with Crippen molar-refractivity contribution >= 4 is 12.6 Å². The third-order valence-corrected chi connectivity index (χ3v) is 2.77. The van der Waals surface area contributed by atoms with Gasteiger partial charge in [-0.25, -0.2) is 0 Å². The molecule has 1 saturated carbocycles. The third kappa shape index (κ3) is 1.75. The smallest absolute Gasteiger partial charge is 0.119 e. The number of hydrogen-bond donors (Lipinski definition) is 1. The van der Waals surface area contributed by atoms with E-state index < -0.39 is 0 Å². The molecule has 2 nitrogen and oxygen atoms in total. The zero-order valence-electron chi connectivity index (χ0n) is 8.41. The lowest BCUT2D eigenvalue weighted by Gasteiger charge is -2.16. The van der Waals surface area contributed by atoms with E-state index in [0.717, 1.165) is 5.03 Å². The summed E-state index contributed by atoms with van der Waals surface area (Å²) in [5.74, 6) is 0. The topological polar surface area (TPSA) is 17.8 Å². The quantitative estimate of drug-likeness (QED) is 0.684. The molecule has 72 valence electrons. The van der Waals surface area contributed by atoms with Crippen molar-refractivity contribution < 1.29 is 0 Å². The van der Waals surface area contributed by atoms with Crippen LogP contribution >= 0.6 is 12.6 Å². The van der Waals surface area contributed by atoms with E-state index in [1.54, 1.807) is 0 Å². The molecule has 0 aromatic carbocycles. The first-order valence-electron chi connectivity index (χ1n) is 4.77. The molecule has 3 heteroatoms. The molecule has 1 fully saturated rings. The van der Waals surface area contributed by atoms with E-state index in [0.29, 0.717) is 6.04 Å². The van der Waals surface area contributed by atoms with Crippen LogP contribution in [0.3, 0.4) is 0 Å². The number of nitrogens with zero attached hydrogens (tertiary/aromatic N) is 2. The lowest BCUT2D eigenvalue weighted by molar-refractivity contribution is 0.577. The van der Waals surface area contributed by atoms with Gasteiger partial charge in [0.1, 0.15) is 5.03 Å². The second kappa shape index (κ2) is 2.77. The van der Waals surface area contributed by atoms with E-state index in [9.17, 15) is 0 Å². The Labute approximate surface area is 84.7 Å². The molecule has 0 bridgehead atoms. The summed E-state index contributed by atoms with van der Waals surface area (Å²) in [4.78, 5) is 0. The Morgan fingerprint density at radius 2 is 2.08 bits per heavy atom. The summed E-state index contributed by atoms with van der Waals surface area (Å²) in [5.41, 5.74) is 1.41. The Morgan fingerprint density at radius 3 is 2.46 bits per heavy atom. The molecule has 0 aliphatic heterocycles. The van der Waals surface area contributed by atoms with Crippen molar-refractivity contribution in [2.45, 2.75) is 50.1 Å². The van der Waals surface area contributed by atoms with Crippen molar-refractivity contribution in [3.8, 4) is 0 Å². The van der Waals surface area contributed by atoms with Crippen LogP contribution in [0.2, 0.25) is 0 Å². The maximum Gasteiger partial charge on any atom is 0.119 e. The average molecular weight is 196 g/mol. The van der Waals surface area contributed by atoms with Gasteiger partial charge in [-0.05, 0) is 18.3 Å². The van der Waals surface area contributed by atoms with Gasteiger partial charge in [0, 0.05) is 11.8 Å². The molecule has 1 aromatic rings. The van der Waals surface area contributed by atoms with Gasteiger partial charge in [0.15, 0.2) is 0 Å². The highest BCUT2D eigenvalue weighted by atomic mass is 32.1. The molecule has 0 N–H and O–H groups in total. The molecule has 0 atom stereocenters. The second-order valence-electron chi connectivity index (χ2n) is 4.83. The maximum absolute atomic E-state index is 4.42. The first-order valence-corrected chi connectivity index (χ1v) is 5.22. The summed E-state index contributed by atoms with van der Waals surface area (Å²) >= 11 is 4.40. The fraction of sp³-hybridized carbons (Fsp3) is 0.700. The fourth-order valence-corrected chi connectivity index (χ4v) is 1.93. The average Bonchev–Trinajstić information content (AvgIpc) is 2.73. The van der Waals surface area contributed by atoms with Crippen molar-refractivity contribution in [1.82, 2.24) is 9.78 Å². The Balaban J connectivity index is 2.35. The van der Waals surface area contributed by atoms with Crippen LogP contribution in [0.4, 0.5) is 0 Å². The van der Waals surface area contributed by atoms with Gasteiger partial charge in [-0.1, -0.05) is 20.8 Å². The number of rotatable bonds is 1. The molecule has 1 aliphatic carbocycles. The van der Waals surface area contributed by atoms with Crippen LogP contribution in [0, 0.1) is 0 Å². The van der Waals surface area contributed by atoms with Gasteiger partial charge in [0.2, 0.25) is 0 Å². The molecule has 1 aliphatic rings. The molecule has 0 unspecified atom stereocenters. The van der Waals surface area contributed by atoms with Gasteiger partial charge in [-0.15, -0.1) is 12.6 Å². The van der Waals surface area contributed by atoms with Gasteiger partial charge >= 0.3 is 0 Å². The van der Waals surface area contributed by atoms with Crippen LogP contribution in [-0.4, -0.2) is 9.78 Å². The molecule has 0 spiro atoms. The minimum atomic E-state index is 0.157. The van der Waals surface area contributed by atoms with Gasteiger partial charge in [0.05, 0.1) is 6.04 Å². The predicted octanol–water partition coefficient (Wildman–Crippen LogP) is 2.80. The van der Waals surface area contributed by atoms with Crippen LogP contribution < -0.4 is 0 Å². The van der Waals surface area contributed by atoms with Crippen molar-refractivity contribution in [2.24, 2.45) is 0 Å². The minimum absolute atomic E-state index is 0.157. The summed E-state index contributed by atoms with van der Waals surface area (Å²) in [7, 11) is 0. The Kier molecular flexibility index (Phi) is 1.95. The zero-order chi connectivity index (χ0) is 9.64. The van der Waals surface area contributed by atoms with E-state index in [1.807, 2.05) is 0 Å².